The summed E-state index contributed by atoms with van der Waals surface area (Å²) in [5.41, 5.74) is 0.968. The van der Waals surface area contributed by atoms with Crippen LogP contribution < -0.4 is 0 Å². The first-order chi connectivity index (χ1) is 6.99. The molecule has 0 aliphatic carbocycles. The van der Waals surface area contributed by atoms with Crippen molar-refractivity contribution in [2.45, 2.75) is 34.2 Å². The Morgan fingerprint density at radius 1 is 1.07 bits per heavy atom. The van der Waals surface area contributed by atoms with E-state index in [1.165, 1.54) is 0 Å². The Labute approximate surface area is 93.5 Å². The van der Waals surface area contributed by atoms with Gasteiger partial charge in [0, 0.05) is 25.3 Å². The van der Waals surface area contributed by atoms with E-state index < -0.39 is 8.80 Å². The molecule has 0 spiro atoms. The van der Waals surface area contributed by atoms with Crippen LogP contribution in [0.25, 0.3) is 0 Å². The highest BCUT2D eigenvalue weighted by Crippen LogP contribution is 2.17. The number of allylic oxidation sites excluding steroid dienone is 1. The van der Waals surface area contributed by atoms with Crippen molar-refractivity contribution >= 4 is 8.80 Å². The van der Waals surface area contributed by atoms with Gasteiger partial charge in [-0.1, -0.05) is 0 Å². The Hall–Kier alpha value is -0.523. The quantitative estimate of drug-likeness (QED) is 0.501. The van der Waals surface area contributed by atoms with Gasteiger partial charge in [-0.25, -0.2) is 0 Å². The van der Waals surface area contributed by atoms with Crippen molar-refractivity contribution in [2.24, 2.45) is 0 Å². The maximum atomic E-state index is 5.68. The van der Waals surface area contributed by atoms with Crippen LogP contribution in [0.1, 0.15) is 27.7 Å². The van der Waals surface area contributed by atoms with Crippen LogP contribution in [0.5, 0.6) is 0 Å². The minimum absolute atomic E-state index is 0.492. The van der Waals surface area contributed by atoms with E-state index in [0.29, 0.717) is 19.2 Å². The Bertz CT molecular complexity index is 205. The topological polar surface area (TPSA) is 36.9 Å². The van der Waals surface area contributed by atoms with E-state index in [4.69, 9.17) is 18.0 Å². The third-order valence-corrected chi connectivity index (χ3v) is 3.87. The molecule has 0 aliphatic rings. The summed E-state index contributed by atoms with van der Waals surface area (Å²) in [6.45, 7) is 10.7. The van der Waals surface area contributed by atoms with E-state index in [0.717, 1.165) is 5.57 Å². The molecule has 0 bridgehead atoms. The average molecular weight is 234 g/mol. The van der Waals surface area contributed by atoms with Gasteiger partial charge < -0.3 is 18.0 Å². The van der Waals surface area contributed by atoms with E-state index in [2.05, 4.69) is 0 Å². The van der Waals surface area contributed by atoms with Crippen molar-refractivity contribution in [3.05, 3.63) is 11.5 Å². The Morgan fingerprint density at radius 3 is 1.80 bits per heavy atom. The summed E-state index contributed by atoms with van der Waals surface area (Å²) in [5.74, 6) is 0.492. The molecule has 0 fully saturated rings. The van der Waals surface area contributed by atoms with Gasteiger partial charge in [-0.05, 0) is 27.7 Å². The Balaban J connectivity index is 4.58. The van der Waals surface area contributed by atoms with E-state index in [9.17, 15) is 0 Å². The van der Waals surface area contributed by atoms with E-state index in [1.807, 2.05) is 34.2 Å². The normalized spacial score (nSPS) is 11.1. The summed E-state index contributed by atoms with van der Waals surface area (Å²) in [7, 11) is -1.00. The second kappa shape index (κ2) is 6.87. The van der Waals surface area contributed by atoms with E-state index >= 15 is 0 Å². The number of hydrogen-bond donors (Lipinski definition) is 0. The lowest BCUT2D eigenvalue weighted by molar-refractivity contribution is 0.0435. The molecule has 0 aromatic heterocycles. The fourth-order valence-electron chi connectivity index (χ4n) is 1.14. The third kappa shape index (κ3) is 5.20. The molecule has 0 saturated carbocycles. The predicted molar refractivity (Wildman–Crippen MR) is 61.3 cm³/mol. The molecule has 0 atom stereocenters. The maximum absolute atomic E-state index is 5.68. The first-order valence-corrected chi connectivity index (χ1v) is 7.40. The molecule has 90 valence electrons. The first-order valence-electron chi connectivity index (χ1n) is 5.17. The van der Waals surface area contributed by atoms with Gasteiger partial charge in [-0.15, -0.1) is 0 Å². The number of hydrogen-bond acceptors (Lipinski definition) is 4. The highest BCUT2D eigenvalue weighted by molar-refractivity contribution is 6.59. The van der Waals surface area contributed by atoms with Gasteiger partial charge in [-0.3, -0.25) is 0 Å². The molecule has 0 radical (unpaired) electrons. The molecule has 0 aromatic rings. The van der Waals surface area contributed by atoms with E-state index in [1.54, 1.807) is 7.11 Å². The SMILES string of the molecule is CCO[Si](C)(OCC)OC(OC)=C(C)C. The molecule has 0 aliphatic heterocycles. The standard InChI is InChI=1S/C10H22O4Si/c1-7-12-15(6,13-8-2)14-10(11-5)9(3)4/h7-8H2,1-6H3. The van der Waals surface area contributed by atoms with Gasteiger partial charge in [0.05, 0.1) is 7.11 Å². The van der Waals surface area contributed by atoms with E-state index in [-0.39, 0.29) is 0 Å². The lowest BCUT2D eigenvalue weighted by Gasteiger charge is -2.26. The minimum Gasteiger partial charge on any atom is -0.473 e. The van der Waals surface area contributed by atoms with Crippen LogP contribution in [0.3, 0.4) is 0 Å². The van der Waals surface area contributed by atoms with Crippen LogP contribution in [-0.2, 0) is 18.0 Å². The average Bonchev–Trinajstić information content (AvgIpc) is 2.14. The minimum atomic E-state index is -2.58. The van der Waals surface area contributed by atoms with Gasteiger partial charge in [0.1, 0.15) is 0 Å². The van der Waals surface area contributed by atoms with Crippen LogP contribution in [0, 0.1) is 0 Å². The van der Waals surface area contributed by atoms with Crippen LogP contribution >= 0.6 is 0 Å². The van der Waals surface area contributed by atoms with Crippen LogP contribution in [-0.4, -0.2) is 29.1 Å². The summed E-state index contributed by atoms with van der Waals surface area (Å²) in [5, 5.41) is 0. The second-order valence-corrected chi connectivity index (χ2v) is 5.83. The number of methoxy groups -OCH3 is 1. The highest BCUT2D eigenvalue weighted by Gasteiger charge is 2.37. The van der Waals surface area contributed by atoms with Gasteiger partial charge in [0.25, 0.3) is 5.95 Å². The molecular weight excluding hydrogens is 212 g/mol. The molecule has 0 amide bonds. The summed E-state index contributed by atoms with van der Waals surface area (Å²) in [6, 6.07) is 0. The molecule has 0 aromatic carbocycles. The van der Waals surface area contributed by atoms with Crippen LogP contribution in [0.2, 0.25) is 6.55 Å². The fraction of sp³-hybridized carbons (Fsp3) is 0.800. The Morgan fingerprint density at radius 2 is 1.53 bits per heavy atom. The number of ether oxygens (including phenoxy) is 1. The van der Waals surface area contributed by atoms with Gasteiger partial charge in [-0.2, -0.15) is 0 Å². The lowest BCUT2D eigenvalue weighted by atomic mass is 10.4. The molecule has 0 rings (SSSR count). The van der Waals surface area contributed by atoms with Crippen molar-refractivity contribution in [3.63, 3.8) is 0 Å². The molecule has 0 heterocycles. The Kier molecular flexibility index (Phi) is 6.63. The zero-order valence-electron chi connectivity index (χ0n) is 10.5. The fourth-order valence-corrected chi connectivity index (χ4v) is 3.02. The predicted octanol–water partition coefficient (Wildman–Crippen LogP) is 2.54. The van der Waals surface area contributed by atoms with Crippen LogP contribution in [0.15, 0.2) is 11.5 Å². The molecule has 4 nitrogen and oxygen atoms in total. The van der Waals surface area contributed by atoms with Crippen molar-refractivity contribution in [2.75, 3.05) is 20.3 Å². The smallest absolute Gasteiger partial charge is 0.473 e. The summed E-state index contributed by atoms with van der Waals surface area (Å²) in [6.07, 6.45) is 0. The van der Waals surface area contributed by atoms with Crippen LogP contribution in [0.4, 0.5) is 0 Å². The van der Waals surface area contributed by atoms with Crippen molar-refractivity contribution in [1.29, 1.82) is 0 Å². The summed E-state index contributed by atoms with van der Waals surface area (Å²) < 4.78 is 21.9. The molecular formula is C10H22O4Si. The summed E-state index contributed by atoms with van der Waals surface area (Å²) in [4.78, 5) is 0. The second-order valence-electron chi connectivity index (χ2n) is 3.32. The maximum Gasteiger partial charge on any atom is 0.564 e. The zero-order valence-corrected chi connectivity index (χ0v) is 11.5. The van der Waals surface area contributed by atoms with Gasteiger partial charge in [0.15, 0.2) is 0 Å². The monoisotopic (exact) mass is 234 g/mol. The van der Waals surface area contributed by atoms with Gasteiger partial charge >= 0.3 is 8.80 Å². The van der Waals surface area contributed by atoms with Crippen molar-refractivity contribution in [3.8, 4) is 0 Å². The lowest BCUT2D eigenvalue weighted by Crippen LogP contribution is -2.42. The van der Waals surface area contributed by atoms with Gasteiger partial charge in [0.2, 0.25) is 0 Å². The molecule has 5 heteroatoms. The first kappa shape index (κ1) is 14.5. The molecule has 0 N–H and O–H groups in total. The third-order valence-electron chi connectivity index (χ3n) is 1.68. The summed E-state index contributed by atoms with van der Waals surface area (Å²) >= 11 is 0. The molecule has 15 heavy (non-hydrogen) atoms. The molecule has 0 saturated heterocycles. The molecule has 0 unspecified atom stereocenters. The highest BCUT2D eigenvalue weighted by atomic mass is 28.4. The van der Waals surface area contributed by atoms with Crippen molar-refractivity contribution < 1.29 is 18.0 Å². The number of rotatable bonds is 7. The van der Waals surface area contributed by atoms with Crippen molar-refractivity contribution in [1.82, 2.24) is 0 Å². The zero-order chi connectivity index (χ0) is 11.9. The largest absolute Gasteiger partial charge is 0.564 e.